The Labute approximate surface area is 266 Å². The number of carboxylic acid groups (broad SMARTS) is 1. The lowest BCUT2D eigenvalue weighted by Gasteiger charge is -2.32. The van der Waals surface area contributed by atoms with Crippen molar-refractivity contribution >= 4 is 17.6 Å². The van der Waals surface area contributed by atoms with Gasteiger partial charge in [-0.2, -0.15) is 0 Å². The fourth-order valence-corrected chi connectivity index (χ4v) is 6.09. The molecule has 0 unspecified atom stereocenters. The first kappa shape index (κ1) is 31.8. The number of hydrogen-bond donors (Lipinski definition) is 2. The summed E-state index contributed by atoms with van der Waals surface area (Å²) in [5.41, 5.74) is 4.99. The normalized spacial score (nSPS) is 15.2. The molecule has 0 aliphatic carbocycles. The Morgan fingerprint density at radius 2 is 1.39 bits per heavy atom. The molecule has 44 heavy (non-hydrogen) atoms. The quantitative estimate of drug-likeness (QED) is 0.178. The molecule has 0 radical (unpaired) electrons. The average molecular weight is 612 g/mol. The van der Waals surface area contributed by atoms with Crippen molar-refractivity contribution in [2.75, 3.05) is 26.2 Å². The number of hydrogen-bond acceptors (Lipinski definition) is 4. The molecule has 230 valence electrons. The zero-order valence-electron chi connectivity index (χ0n) is 25.9. The summed E-state index contributed by atoms with van der Waals surface area (Å²) in [6.45, 7) is 10.0. The summed E-state index contributed by atoms with van der Waals surface area (Å²) in [5, 5.41) is 22.1. The maximum Gasteiger partial charge on any atom is 0.335 e. The molecule has 0 aromatic heterocycles. The van der Waals surface area contributed by atoms with Gasteiger partial charge < -0.3 is 19.8 Å². The van der Waals surface area contributed by atoms with Crippen LogP contribution in [-0.4, -0.2) is 47.3 Å². The lowest BCUT2D eigenvalue weighted by atomic mass is 9.80. The number of benzene rings is 4. The molecule has 1 fully saturated rings. The van der Waals surface area contributed by atoms with E-state index in [4.69, 9.17) is 21.4 Å². The van der Waals surface area contributed by atoms with Crippen LogP contribution in [0.2, 0.25) is 5.02 Å². The van der Waals surface area contributed by atoms with E-state index in [-0.39, 0.29) is 11.0 Å². The fraction of sp³-hybridized carbons (Fsp3) is 0.342. The zero-order valence-corrected chi connectivity index (χ0v) is 26.6. The minimum absolute atomic E-state index is 0.0352. The van der Waals surface area contributed by atoms with Gasteiger partial charge >= 0.3 is 5.97 Å². The third-order valence-electron chi connectivity index (χ3n) is 8.70. The van der Waals surface area contributed by atoms with E-state index in [1.807, 2.05) is 42.5 Å². The first-order valence-corrected chi connectivity index (χ1v) is 15.8. The maximum absolute atomic E-state index is 12.4. The van der Waals surface area contributed by atoms with Gasteiger partial charge in [-0.3, -0.25) is 0 Å². The predicted molar refractivity (Wildman–Crippen MR) is 178 cm³/mol. The molecule has 1 saturated heterocycles. The summed E-state index contributed by atoms with van der Waals surface area (Å²) < 4.78 is 6.07. The van der Waals surface area contributed by atoms with E-state index in [2.05, 4.69) is 49.9 Å². The van der Waals surface area contributed by atoms with Crippen molar-refractivity contribution in [3.05, 3.63) is 124 Å². The molecule has 1 aliphatic heterocycles. The Hall–Kier alpha value is -3.64. The first-order valence-electron chi connectivity index (χ1n) is 15.4. The number of carboxylic acids is 1. The molecule has 5 nitrogen and oxygen atoms in total. The van der Waals surface area contributed by atoms with E-state index in [0.717, 1.165) is 53.2 Å². The maximum atomic E-state index is 12.4. The minimum atomic E-state index is -1.14. The number of aliphatic hydroxyl groups is 1. The van der Waals surface area contributed by atoms with Gasteiger partial charge in [-0.25, -0.2) is 4.79 Å². The summed E-state index contributed by atoms with van der Waals surface area (Å²) in [6.07, 6.45) is 3.62. The van der Waals surface area contributed by atoms with Crippen molar-refractivity contribution in [3.8, 4) is 16.9 Å². The second kappa shape index (κ2) is 13.6. The van der Waals surface area contributed by atoms with Gasteiger partial charge in [0.05, 0.1) is 12.2 Å². The van der Waals surface area contributed by atoms with Crippen molar-refractivity contribution in [1.29, 1.82) is 0 Å². The molecule has 0 bridgehead atoms. The lowest BCUT2D eigenvalue weighted by molar-refractivity contribution is 0.0601. The van der Waals surface area contributed by atoms with Gasteiger partial charge in [0, 0.05) is 18.0 Å². The lowest BCUT2D eigenvalue weighted by Crippen LogP contribution is -2.33. The van der Waals surface area contributed by atoms with E-state index >= 15 is 0 Å². The molecular formula is C38H42ClNO4. The second-order valence-corrected chi connectivity index (χ2v) is 13.2. The van der Waals surface area contributed by atoms with Gasteiger partial charge in [0.15, 0.2) is 0 Å². The largest absolute Gasteiger partial charge is 0.493 e. The van der Waals surface area contributed by atoms with Crippen LogP contribution >= 0.6 is 11.6 Å². The monoisotopic (exact) mass is 611 g/mol. The molecule has 5 rings (SSSR count). The number of carbonyl (C=O) groups is 1. The SMILES string of the molecule is CC(C)(C)c1ccc([C@](O)(CCN2CCCC2)c2ccc(Cl)c(CCOc3ccc(-c4ccc(C(=O)O)cc4)cc3)c2)cc1. The first-order chi connectivity index (χ1) is 21.0. The highest BCUT2D eigenvalue weighted by Crippen LogP contribution is 2.37. The molecule has 1 heterocycles. The molecule has 1 aliphatic rings. The Morgan fingerprint density at radius 3 is 1.98 bits per heavy atom. The van der Waals surface area contributed by atoms with Crippen LogP contribution in [0.4, 0.5) is 0 Å². The zero-order chi connectivity index (χ0) is 31.3. The average Bonchev–Trinajstić information content (AvgIpc) is 3.55. The van der Waals surface area contributed by atoms with Crippen molar-refractivity contribution in [2.45, 2.75) is 57.5 Å². The highest BCUT2D eigenvalue weighted by atomic mass is 35.5. The van der Waals surface area contributed by atoms with Gasteiger partial charge in [0.1, 0.15) is 11.4 Å². The summed E-state index contributed by atoms with van der Waals surface area (Å²) in [5.74, 6) is -0.198. The van der Waals surface area contributed by atoms with Crippen LogP contribution in [0.3, 0.4) is 0 Å². The van der Waals surface area contributed by atoms with Gasteiger partial charge in [-0.15, -0.1) is 0 Å². The van der Waals surface area contributed by atoms with E-state index in [9.17, 15) is 9.90 Å². The molecule has 1 atom stereocenters. The van der Waals surface area contributed by atoms with E-state index in [1.165, 1.54) is 18.4 Å². The van der Waals surface area contributed by atoms with Crippen molar-refractivity contribution in [3.63, 3.8) is 0 Å². The summed E-state index contributed by atoms with van der Waals surface area (Å²) >= 11 is 6.66. The number of nitrogens with zero attached hydrogens (tertiary/aromatic N) is 1. The smallest absolute Gasteiger partial charge is 0.335 e. The third-order valence-corrected chi connectivity index (χ3v) is 9.07. The molecule has 4 aromatic rings. The van der Waals surface area contributed by atoms with Crippen LogP contribution in [0, 0.1) is 0 Å². The molecular weight excluding hydrogens is 570 g/mol. The van der Waals surface area contributed by atoms with E-state index in [1.54, 1.807) is 24.3 Å². The molecule has 4 aromatic carbocycles. The number of ether oxygens (including phenoxy) is 1. The number of halogens is 1. The van der Waals surface area contributed by atoms with Crippen LogP contribution in [0.15, 0.2) is 91.0 Å². The number of aromatic carboxylic acids is 1. The Bertz CT molecular complexity index is 1550. The number of likely N-dealkylation sites (tertiary alicyclic amines) is 1. The van der Waals surface area contributed by atoms with Crippen molar-refractivity contribution < 1.29 is 19.7 Å². The van der Waals surface area contributed by atoms with Crippen LogP contribution in [0.25, 0.3) is 11.1 Å². The van der Waals surface area contributed by atoms with Gasteiger partial charge in [-0.1, -0.05) is 93.0 Å². The highest BCUT2D eigenvalue weighted by molar-refractivity contribution is 6.31. The van der Waals surface area contributed by atoms with Crippen LogP contribution in [0.1, 0.15) is 72.6 Å². The van der Waals surface area contributed by atoms with Crippen molar-refractivity contribution in [2.24, 2.45) is 0 Å². The molecule has 0 spiro atoms. The third kappa shape index (κ3) is 7.52. The van der Waals surface area contributed by atoms with Crippen LogP contribution in [-0.2, 0) is 17.4 Å². The fourth-order valence-electron chi connectivity index (χ4n) is 5.88. The van der Waals surface area contributed by atoms with Gasteiger partial charge in [-0.05, 0) is 101 Å². The molecule has 0 saturated carbocycles. The minimum Gasteiger partial charge on any atom is -0.493 e. The highest BCUT2D eigenvalue weighted by Gasteiger charge is 2.33. The molecule has 6 heteroatoms. The molecule has 0 amide bonds. The van der Waals surface area contributed by atoms with Crippen LogP contribution in [0.5, 0.6) is 5.75 Å². The van der Waals surface area contributed by atoms with Crippen LogP contribution < -0.4 is 4.74 Å². The van der Waals surface area contributed by atoms with Gasteiger partial charge in [0.25, 0.3) is 0 Å². The summed E-state index contributed by atoms with van der Waals surface area (Å²) in [6, 6.07) is 28.9. The second-order valence-electron chi connectivity index (χ2n) is 12.8. The number of rotatable bonds is 11. The Morgan fingerprint density at radius 1 is 0.818 bits per heavy atom. The Kier molecular flexibility index (Phi) is 9.79. The standard InChI is InChI=1S/C38H42ClNO4/c1-37(2,3)31-12-14-32(15-13-31)38(43,21-24-40-22-4-5-23-40)33-16-19-35(39)30(26-33)20-25-44-34-17-10-28(11-18-34)27-6-8-29(9-7-27)36(41)42/h6-19,26,43H,4-5,20-25H2,1-3H3,(H,41,42)/t38-/m1/s1. The van der Waals surface area contributed by atoms with E-state index < -0.39 is 11.6 Å². The van der Waals surface area contributed by atoms with E-state index in [0.29, 0.717) is 24.5 Å². The predicted octanol–water partition coefficient (Wildman–Crippen LogP) is 8.35. The summed E-state index contributed by atoms with van der Waals surface area (Å²) in [4.78, 5) is 13.6. The molecule has 2 N–H and O–H groups in total. The van der Waals surface area contributed by atoms with Gasteiger partial charge in [0.2, 0.25) is 0 Å². The Balaban J connectivity index is 1.30. The topological polar surface area (TPSA) is 70.0 Å². The summed E-state index contributed by atoms with van der Waals surface area (Å²) in [7, 11) is 0. The van der Waals surface area contributed by atoms with Crippen molar-refractivity contribution in [1.82, 2.24) is 4.90 Å².